The Hall–Kier alpha value is -0.800. The van der Waals surface area contributed by atoms with Gasteiger partial charge in [0.1, 0.15) is 0 Å². The van der Waals surface area contributed by atoms with Crippen molar-refractivity contribution < 1.29 is 0 Å². The van der Waals surface area contributed by atoms with Crippen LogP contribution in [0.1, 0.15) is 31.2 Å². The highest BCUT2D eigenvalue weighted by Crippen LogP contribution is 2.41. The molecule has 0 bridgehead atoms. The minimum Gasteiger partial charge on any atom is -0.349 e. The minimum absolute atomic E-state index is 0.226. The van der Waals surface area contributed by atoms with Gasteiger partial charge in [-0.25, -0.2) is 0 Å². The van der Waals surface area contributed by atoms with Gasteiger partial charge in [0.15, 0.2) is 0 Å². The molecule has 1 aliphatic rings. The average molecular weight is 307 g/mol. The number of rotatable bonds is 2. The van der Waals surface area contributed by atoms with Gasteiger partial charge in [-0.1, -0.05) is 18.9 Å². The second kappa shape index (κ2) is 4.39. The van der Waals surface area contributed by atoms with E-state index in [1.54, 1.807) is 0 Å². The van der Waals surface area contributed by atoms with Crippen molar-refractivity contribution in [1.82, 2.24) is 4.57 Å². The first-order chi connectivity index (χ1) is 8.66. The number of halogens is 1. The predicted molar refractivity (Wildman–Crippen MR) is 79.8 cm³/mol. The van der Waals surface area contributed by atoms with Crippen LogP contribution in [0, 0.1) is 0 Å². The minimum atomic E-state index is 0.226. The molecule has 1 saturated carbocycles. The van der Waals surface area contributed by atoms with Crippen molar-refractivity contribution in [3.8, 4) is 0 Å². The first-order valence-electron chi connectivity index (χ1n) is 6.61. The number of hydrogen-bond donors (Lipinski definition) is 1. The van der Waals surface area contributed by atoms with E-state index in [1.165, 1.54) is 46.6 Å². The van der Waals surface area contributed by atoms with Gasteiger partial charge >= 0.3 is 0 Å². The lowest BCUT2D eigenvalue weighted by atomic mass is 9.79. The highest BCUT2D eigenvalue weighted by atomic mass is 79.9. The molecule has 0 atom stereocenters. The van der Waals surface area contributed by atoms with Crippen LogP contribution in [-0.4, -0.2) is 11.1 Å². The van der Waals surface area contributed by atoms with E-state index in [0.717, 1.165) is 6.54 Å². The summed E-state index contributed by atoms with van der Waals surface area (Å²) in [7, 11) is 2.08. The Morgan fingerprint density at radius 3 is 2.72 bits per heavy atom. The summed E-state index contributed by atoms with van der Waals surface area (Å²) in [5.41, 5.74) is 8.99. The topological polar surface area (TPSA) is 30.9 Å². The maximum Gasteiger partial charge on any atom is 0.0489 e. The van der Waals surface area contributed by atoms with E-state index in [-0.39, 0.29) is 5.41 Å². The molecule has 3 heteroatoms. The van der Waals surface area contributed by atoms with E-state index in [0.29, 0.717) is 0 Å². The summed E-state index contributed by atoms with van der Waals surface area (Å²) in [4.78, 5) is 0. The number of nitrogens with two attached hydrogens (primary N) is 1. The molecular weight excluding hydrogens is 288 g/mol. The Labute approximate surface area is 116 Å². The summed E-state index contributed by atoms with van der Waals surface area (Å²) >= 11 is 3.65. The first kappa shape index (κ1) is 12.2. The molecule has 0 amide bonds. The Balaban J connectivity index is 2.15. The average Bonchev–Trinajstić information content (AvgIpc) is 2.96. The predicted octanol–water partition coefficient (Wildman–Crippen LogP) is 3.71. The molecule has 2 N–H and O–H groups in total. The fourth-order valence-electron chi connectivity index (χ4n) is 3.34. The van der Waals surface area contributed by atoms with Gasteiger partial charge in [0.05, 0.1) is 0 Å². The van der Waals surface area contributed by atoms with Crippen LogP contribution in [0.3, 0.4) is 0 Å². The second-order valence-electron chi connectivity index (χ2n) is 5.51. The van der Waals surface area contributed by atoms with Crippen molar-refractivity contribution in [1.29, 1.82) is 0 Å². The van der Waals surface area contributed by atoms with Crippen molar-refractivity contribution >= 4 is 26.8 Å². The molecule has 3 rings (SSSR count). The third kappa shape index (κ3) is 1.72. The zero-order valence-corrected chi connectivity index (χ0v) is 12.3. The monoisotopic (exact) mass is 306 g/mol. The molecule has 1 aromatic heterocycles. The molecule has 1 aliphatic carbocycles. The van der Waals surface area contributed by atoms with E-state index in [4.69, 9.17) is 5.73 Å². The van der Waals surface area contributed by atoms with Gasteiger partial charge in [-0.15, -0.1) is 0 Å². The SMILES string of the molecule is Cn1cc(Br)c2cc(C3(CN)CCCC3)ccc21. The Morgan fingerprint density at radius 2 is 2.06 bits per heavy atom. The summed E-state index contributed by atoms with van der Waals surface area (Å²) < 4.78 is 3.33. The molecule has 18 heavy (non-hydrogen) atoms. The maximum atomic E-state index is 6.07. The zero-order chi connectivity index (χ0) is 12.8. The number of fused-ring (bicyclic) bond motifs is 1. The molecule has 1 heterocycles. The van der Waals surface area contributed by atoms with Crippen LogP contribution in [0.25, 0.3) is 10.9 Å². The van der Waals surface area contributed by atoms with Crippen LogP contribution < -0.4 is 5.73 Å². The van der Waals surface area contributed by atoms with Crippen molar-refractivity contribution in [2.75, 3.05) is 6.54 Å². The van der Waals surface area contributed by atoms with Gasteiger partial charge in [0, 0.05) is 40.6 Å². The molecule has 96 valence electrons. The Bertz CT molecular complexity index is 579. The molecule has 1 fully saturated rings. The standard InChI is InChI=1S/C15H19BrN2/c1-18-9-13(16)12-8-11(4-5-14(12)18)15(10-17)6-2-3-7-15/h4-5,8-9H,2-3,6-7,10,17H2,1H3. The molecule has 2 aromatic rings. The molecule has 0 spiro atoms. The molecule has 0 saturated heterocycles. The highest BCUT2D eigenvalue weighted by Gasteiger charge is 2.34. The Morgan fingerprint density at radius 1 is 1.33 bits per heavy atom. The van der Waals surface area contributed by atoms with Gasteiger partial charge in [-0.2, -0.15) is 0 Å². The fourth-order valence-corrected chi connectivity index (χ4v) is 3.96. The van der Waals surface area contributed by atoms with Gasteiger partial charge in [0.2, 0.25) is 0 Å². The van der Waals surface area contributed by atoms with E-state index >= 15 is 0 Å². The van der Waals surface area contributed by atoms with Crippen LogP contribution in [0.2, 0.25) is 0 Å². The number of aromatic nitrogens is 1. The lowest BCUT2D eigenvalue weighted by Crippen LogP contribution is -2.31. The van der Waals surface area contributed by atoms with Crippen LogP contribution in [-0.2, 0) is 12.5 Å². The molecule has 0 unspecified atom stereocenters. The van der Waals surface area contributed by atoms with Crippen molar-refractivity contribution in [3.63, 3.8) is 0 Å². The number of benzene rings is 1. The van der Waals surface area contributed by atoms with Gasteiger partial charge < -0.3 is 10.3 Å². The lowest BCUT2D eigenvalue weighted by Gasteiger charge is -2.28. The largest absolute Gasteiger partial charge is 0.349 e. The smallest absolute Gasteiger partial charge is 0.0489 e. The number of aryl methyl sites for hydroxylation is 1. The molecular formula is C15H19BrN2. The fraction of sp³-hybridized carbons (Fsp3) is 0.467. The van der Waals surface area contributed by atoms with E-state index in [1.807, 2.05) is 0 Å². The summed E-state index contributed by atoms with van der Waals surface area (Å²) in [6, 6.07) is 6.83. The van der Waals surface area contributed by atoms with Crippen molar-refractivity contribution in [2.45, 2.75) is 31.1 Å². The summed E-state index contributed by atoms with van der Waals surface area (Å²) in [5.74, 6) is 0. The molecule has 0 radical (unpaired) electrons. The van der Waals surface area contributed by atoms with E-state index in [2.05, 4.69) is 51.9 Å². The summed E-state index contributed by atoms with van der Waals surface area (Å²) in [5, 5.41) is 1.30. The summed E-state index contributed by atoms with van der Waals surface area (Å²) in [6.07, 6.45) is 7.22. The van der Waals surface area contributed by atoms with Crippen molar-refractivity contribution in [2.24, 2.45) is 12.8 Å². The van der Waals surface area contributed by atoms with Gasteiger partial charge in [0.25, 0.3) is 0 Å². The van der Waals surface area contributed by atoms with E-state index in [9.17, 15) is 0 Å². The lowest BCUT2D eigenvalue weighted by molar-refractivity contribution is 0.453. The quantitative estimate of drug-likeness (QED) is 0.901. The van der Waals surface area contributed by atoms with Crippen LogP contribution in [0.5, 0.6) is 0 Å². The third-order valence-corrected chi connectivity index (χ3v) is 5.14. The van der Waals surface area contributed by atoms with Crippen LogP contribution in [0.4, 0.5) is 0 Å². The zero-order valence-electron chi connectivity index (χ0n) is 10.7. The second-order valence-corrected chi connectivity index (χ2v) is 6.37. The van der Waals surface area contributed by atoms with Crippen molar-refractivity contribution in [3.05, 3.63) is 34.4 Å². The molecule has 0 aliphatic heterocycles. The van der Waals surface area contributed by atoms with Gasteiger partial charge in [-0.05, 0) is 46.5 Å². The first-order valence-corrected chi connectivity index (χ1v) is 7.41. The summed E-state index contributed by atoms with van der Waals surface area (Å²) in [6.45, 7) is 0.767. The van der Waals surface area contributed by atoms with Gasteiger partial charge in [-0.3, -0.25) is 0 Å². The molecule has 2 nitrogen and oxygen atoms in total. The van der Waals surface area contributed by atoms with Crippen LogP contribution >= 0.6 is 15.9 Å². The number of nitrogens with zero attached hydrogens (tertiary/aromatic N) is 1. The van der Waals surface area contributed by atoms with E-state index < -0.39 is 0 Å². The number of hydrogen-bond acceptors (Lipinski definition) is 1. The third-order valence-electron chi connectivity index (χ3n) is 4.50. The highest BCUT2D eigenvalue weighted by molar-refractivity contribution is 9.10. The normalized spacial score (nSPS) is 18.6. The van der Waals surface area contributed by atoms with Crippen LogP contribution in [0.15, 0.2) is 28.9 Å². The Kier molecular flexibility index (Phi) is 2.99. The maximum absolute atomic E-state index is 6.07. The molecule has 1 aromatic carbocycles.